The van der Waals surface area contributed by atoms with Gasteiger partial charge < -0.3 is 20.3 Å². The first-order chi connectivity index (χ1) is 11.4. The predicted molar refractivity (Wildman–Crippen MR) is 90.3 cm³/mol. The zero-order chi connectivity index (χ0) is 17.3. The van der Waals surface area contributed by atoms with E-state index in [1.807, 2.05) is 0 Å². The lowest BCUT2D eigenvalue weighted by atomic mass is 10.0. The number of rotatable bonds is 4. The van der Waals surface area contributed by atoms with Gasteiger partial charge >= 0.3 is 5.97 Å². The summed E-state index contributed by atoms with van der Waals surface area (Å²) in [6.45, 7) is 6.31. The molecule has 7 heteroatoms. The maximum Gasteiger partial charge on any atom is 0.335 e. The Morgan fingerprint density at radius 1 is 1.33 bits per heavy atom. The molecule has 3 N–H and O–H groups in total. The van der Waals surface area contributed by atoms with Gasteiger partial charge in [-0.15, -0.1) is 0 Å². The zero-order valence-electron chi connectivity index (χ0n) is 13.9. The second kappa shape index (κ2) is 6.60. The number of fused-ring (bicyclic) bond motifs is 1. The number of carboxylic acids is 1. The van der Waals surface area contributed by atoms with E-state index < -0.39 is 5.97 Å². The number of benzene rings is 1. The molecule has 7 nitrogen and oxygen atoms in total. The Morgan fingerprint density at radius 3 is 2.67 bits per heavy atom. The number of aromatic amines is 1. The van der Waals surface area contributed by atoms with Crippen molar-refractivity contribution in [1.82, 2.24) is 20.2 Å². The van der Waals surface area contributed by atoms with Crippen molar-refractivity contribution in [2.45, 2.75) is 38.8 Å². The van der Waals surface area contributed by atoms with E-state index in [9.17, 15) is 9.59 Å². The number of aromatic nitrogens is 2. The molecule has 1 aromatic heterocycles. The number of hydrogen-bond donors (Lipinski definition) is 3. The number of likely N-dealkylation sites (tertiary alicyclic amines) is 1. The highest BCUT2D eigenvalue weighted by Gasteiger charge is 2.23. The summed E-state index contributed by atoms with van der Waals surface area (Å²) in [5.74, 6) is -1.03. The van der Waals surface area contributed by atoms with Crippen molar-refractivity contribution in [1.29, 1.82) is 0 Å². The van der Waals surface area contributed by atoms with Gasteiger partial charge in [-0.1, -0.05) is 0 Å². The maximum absolute atomic E-state index is 12.4. The number of carbonyl (C=O) groups is 2. The van der Waals surface area contributed by atoms with Gasteiger partial charge in [0.25, 0.3) is 5.91 Å². The number of nitrogens with one attached hydrogen (secondary N) is 2. The van der Waals surface area contributed by atoms with E-state index in [1.165, 1.54) is 12.1 Å². The van der Waals surface area contributed by atoms with Crippen molar-refractivity contribution in [2.75, 3.05) is 13.1 Å². The monoisotopic (exact) mass is 330 g/mol. The minimum absolute atomic E-state index is 0.148. The lowest BCUT2D eigenvalue weighted by Gasteiger charge is -2.34. The SMILES string of the molecule is CC(C)N1CCC(NC(=O)c2nc3ccc(C(=O)O)cc3[nH]2)CC1. The van der Waals surface area contributed by atoms with Gasteiger partial charge in [0, 0.05) is 25.2 Å². The maximum atomic E-state index is 12.4. The molecule has 3 rings (SSSR count). The minimum Gasteiger partial charge on any atom is -0.478 e. The van der Waals surface area contributed by atoms with E-state index in [0.717, 1.165) is 25.9 Å². The Hall–Kier alpha value is -2.41. The number of carboxylic acid groups (broad SMARTS) is 1. The third kappa shape index (κ3) is 3.41. The van der Waals surface area contributed by atoms with Crippen molar-refractivity contribution in [3.8, 4) is 0 Å². The molecule has 1 aromatic carbocycles. The summed E-state index contributed by atoms with van der Waals surface area (Å²) in [7, 11) is 0. The van der Waals surface area contributed by atoms with Gasteiger partial charge in [0.15, 0.2) is 5.82 Å². The van der Waals surface area contributed by atoms with E-state index >= 15 is 0 Å². The van der Waals surface area contributed by atoms with E-state index in [-0.39, 0.29) is 23.3 Å². The molecule has 0 bridgehead atoms. The predicted octanol–water partition coefficient (Wildman–Crippen LogP) is 1.86. The summed E-state index contributed by atoms with van der Waals surface area (Å²) in [5, 5.41) is 12.0. The summed E-state index contributed by atoms with van der Waals surface area (Å²) in [6.07, 6.45) is 1.85. The number of aromatic carboxylic acids is 1. The van der Waals surface area contributed by atoms with Crippen LogP contribution < -0.4 is 5.32 Å². The molecule has 1 amide bonds. The number of imidazole rings is 1. The number of hydrogen-bond acceptors (Lipinski definition) is 4. The lowest BCUT2D eigenvalue weighted by Crippen LogP contribution is -2.46. The summed E-state index contributed by atoms with van der Waals surface area (Å²) in [4.78, 5) is 32.9. The van der Waals surface area contributed by atoms with Crippen LogP contribution in [0, 0.1) is 0 Å². The van der Waals surface area contributed by atoms with Crippen LogP contribution in [0.1, 0.15) is 47.7 Å². The van der Waals surface area contributed by atoms with E-state index in [0.29, 0.717) is 17.1 Å². The first-order valence-electron chi connectivity index (χ1n) is 8.22. The fraction of sp³-hybridized carbons (Fsp3) is 0.471. The molecule has 1 fully saturated rings. The molecule has 2 heterocycles. The van der Waals surface area contributed by atoms with Crippen LogP contribution in [0.4, 0.5) is 0 Å². The molecule has 0 aliphatic carbocycles. The van der Waals surface area contributed by atoms with Gasteiger partial charge in [0.05, 0.1) is 16.6 Å². The highest BCUT2D eigenvalue weighted by atomic mass is 16.4. The minimum atomic E-state index is -1.01. The van der Waals surface area contributed by atoms with Gasteiger partial charge in [-0.2, -0.15) is 0 Å². The van der Waals surface area contributed by atoms with Gasteiger partial charge in [0.1, 0.15) is 0 Å². The summed E-state index contributed by atoms with van der Waals surface area (Å²) in [6, 6.07) is 5.25. The molecule has 128 valence electrons. The number of nitrogens with zero attached hydrogens (tertiary/aromatic N) is 2. The van der Waals surface area contributed by atoms with Gasteiger partial charge in [-0.25, -0.2) is 9.78 Å². The Labute approximate surface area is 140 Å². The molecule has 1 saturated heterocycles. The first kappa shape index (κ1) is 16.4. The Morgan fingerprint density at radius 2 is 2.04 bits per heavy atom. The highest BCUT2D eigenvalue weighted by Crippen LogP contribution is 2.16. The summed E-state index contributed by atoms with van der Waals surface area (Å²) < 4.78 is 0. The van der Waals surface area contributed by atoms with Gasteiger partial charge in [-0.05, 0) is 44.9 Å². The lowest BCUT2D eigenvalue weighted by molar-refractivity contribution is 0.0696. The van der Waals surface area contributed by atoms with Gasteiger partial charge in [0.2, 0.25) is 0 Å². The van der Waals surface area contributed by atoms with Crippen molar-refractivity contribution in [3.05, 3.63) is 29.6 Å². The van der Waals surface area contributed by atoms with Crippen LogP contribution >= 0.6 is 0 Å². The third-order valence-electron chi connectivity index (χ3n) is 4.54. The molecule has 0 saturated carbocycles. The quantitative estimate of drug-likeness (QED) is 0.795. The second-order valence-electron chi connectivity index (χ2n) is 6.50. The number of amides is 1. The van der Waals surface area contributed by atoms with E-state index in [4.69, 9.17) is 5.11 Å². The molecule has 24 heavy (non-hydrogen) atoms. The standard InChI is InChI=1S/C17H22N4O3/c1-10(2)21-7-5-12(6-8-21)18-16(22)15-19-13-4-3-11(17(23)24)9-14(13)20-15/h3-4,9-10,12H,5-8H2,1-2H3,(H,18,22)(H,19,20)(H,23,24). The number of H-pyrrole nitrogens is 1. The molecule has 0 unspecified atom stereocenters. The fourth-order valence-electron chi connectivity index (χ4n) is 3.06. The molecule has 0 spiro atoms. The van der Waals surface area contributed by atoms with E-state index in [2.05, 4.69) is 34.0 Å². The third-order valence-corrected chi connectivity index (χ3v) is 4.54. The molecular formula is C17H22N4O3. The second-order valence-corrected chi connectivity index (χ2v) is 6.50. The molecule has 1 aliphatic heterocycles. The Bertz CT molecular complexity index is 760. The van der Waals surface area contributed by atoms with Crippen LogP contribution in [-0.2, 0) is 0 Å². The topological polar surface area (TPSA) is 98.3 Å². The van der Waals surface area contributed by atoms with E-state index in [1.54, 1.807) is 6.07 Å². The summed E-state index contributed by atoms with van der Waals surface area (Å²) in [5.41, 5.74) is 1.30. The molecule has 0 atom stereocenters. The van der Waals surface area contributed by atoms with Crippen LogP contribution in [0.25, 0.3) is 11.0 Å². The van der Waals surface area contributed by atoms with Crippen molar-refractivity contribution < 1.29 is 14.7 Å². The Kier molecular flexibility index (Phi) is 4.53. The molecular weight excluding hydrogens is 308 g/mol. The first-order valence-corrected chi connectivity index (χ1v) is 8.22. The van der Waals surface area contributed by atoms with Crippen LogP contribution in [0.2, 0.25) is 0 Å². The van der Waals surface area contributed by atoms with Crippen LogP contribution in [-0.4, -0.2) is 57.0 Å². The number of carbonyl (C=O) groups excluding carboxylic acids is 1. The summed E-state index contributed by atoms with van der Waals surface area (Å²) >= 11 is 0. The van der Waals surface area contributed by atoms with Crippen LogP contribution in [0.15, 0.2) is 18.2 Å². The molecule has 1 aliphatic rings. The number of piperidine rings is 1. The molecule has 2 aromatic rings. The Balaban J connectivity index is 1.67. The van der Waals surface area contributed by atoms with Crippen molar-refractivity contribution in [2.24, 2.45) is 0 Å². The zero-order valence-corrected chi connectivity index (χ0v) is 13.9. The highest BCUT2D eigenvalue weighted by molar-refractivity contribution is 5.96. The average Bonchev–Trinajstić information content (AvgIpc) is 2.98. The average molecular weight is 330 g/mol. The normalized spacial score (nSPS) is 16.6. The largest absolute Gasteiger partial charge is 0.478 e. The smallest absolute Gasteiger partial charge is 0.335 e. The van der Waals surface area contributed by atoms with Crippen LogP contribution in [0.3, 0.4) is 0 Å². The van der Waals surface area contributed by atoms with Gasteiger partial charge in [-0.3, -0.25) is 4.79 Å². The molecule has 0 radical (unpaired) electrons. The fourth-order valence-corrected chi connectivity index (χ4v) is 3.06. The van der Waals surface area contributed by atoms with Crippen molar-refractivity contribution >= 4 is 22.9 Å². The van der Waals surface area contributed by atoms with Crippen molar-refractivity contribution in [3.63, 3.8) is 0 Å². The van der Waals surface area contributed by atoms with Crippen LogP contribution in [0.5, 0.6) is 0 Å².